The summed E-state index contributed by atoms with van der Waals surface area (Å²) in [5.74, 6) is -0.312. The Balaban J connectivity index is 2.69. The molecule has 0 heterocycles. The van der Waals surface area contributed by atoms with Crippen molar-refractivity contribution in [2.24, 2.45) is 4.99 Å². The van der Waals surface area contributed by atoms with E-state index in [1.54, 1.807) is 6.07 Å². The van der Waals surface area contributed by atoms with Crippen LogP contribution in [0.1, 0.15) is 12.5 Å². The van der Waals surface area contributed by atoms with Crippen molar-refractivity contribution in [1.29, 1.82) is 0 Å². The molecule has 88 valence electrons. The molecular weight excluding hydrogens is 210 g/mol. The monoisotopic (exact) mass is 225 g/mol. The molecule has 1 rings (SSSR count). The topological polar surface area (TPSA) is 71.3 Å². The van der Waals surface area contributed by atoms with E-state index in [2.05, 4.69) is 4.99 Å². The van der Waals surface area contributed by atoms with E-state index in [-0.39, 0.29) is 17.6 Å². The first-order valence-electron chi connectivity index (χ1n) is 4.89. The van der Waals surface area contributed by atoms with Crippen LogP contribution in [0.25, 0.3) is 0 Å². The molecule has 0 radical (unpaired) electrons. The summed E-state index contributed by atoms with van der Waals surface area (Å²) in [5.41, 5.74) is 0.754. The highest BCUT2D eigenvalue weighted by Gasteiger charge is 2.01. The van der Waals surface area contributed by atoms with E-state index in [4.69, 9.17) is 14.6 Å². The van der Waals surface area contributed by atoms with E-state index < -0.39 is 0 Å². The van der Waals surface area contributed by atoms with Crippen LogP contribution in [0.2, 0.25) is 0 Å². The minimum atomic E-state index is -0.164. The zero-order valence-corrected chi connectivity index (χ0v) is 9.30. The number of nitrogens with zero attached hydrogens (tertiary/aromatic N) is 1. The number of phenols is 2. The van der Waals surface area contributed by atoms with Crippen molar-refractivity contribution in [2.45, 2.75) is 13.5 Å². The standard InChI is InChI=1S/C11H15NO4/c1-3-16-11(15-2)12-7-8-4-5-9(13)10(14)6-8/h4-6,13-14H,3,7H2,1-2H3. The second-order valence-corrected chi connectivity index (χ2v) is 3.04. The Morgan fingerprint density at radius 1 is 1.31 bits per heavy atom. The molecule has 1 aromatic rings. The third kappa shape index (κ3) is 3.34. The van der Waals surface area contributed by atoms with Gasteiger partial charge in [0.1, 0.15) is 0 Å². The van der Waals surface area contributed by atoms with Crippen molar-refractivity contribution in [1.82, 2.24) is 0 Å². The first-order valence-corrected chi connectivity index (χ1v) is 4.89. The fraction of sp³-hybridized carbons (Fsp3) is 0.364. The van der Waals surface area contributed by atoms with Gasteiger partial charge in [-0.25, -0.2) is 4.99 Å². The highest BCUT2D eigenvalue weighted by Crippen LogP contribution is 2.25. The fourth-order valence-corrected chi connectivity index (χ4v) is 1.12. The molecular formula is C11H15NO4. The maximum atomic E-state index is 9.26. The number of aromatic hydroxyl groups is 2. The highest BCUT2D eigenvalue weighted by molar-refractivity contribution is 5.66. The Hall–Kier alpha value is -1.91. The number of hydrogen-bond donors (Lipinski definition) is 2. The smallest absolute Gasteiger partial charge is 0.383 e. The lowest BCUT2D eigenvalue weighted by Crippen LogP contribution is -2.07. The van der Waals surface area contributed by atoms with Crippen molar-refractivity contribution >= 4 is 6.08 Å². The lowest BCUT2D eigenvalue weighted by atomic mass is 10.2. The van der Waals surface area contributed by atoms with Crippen LogP contribution in [-0.4, -0.2) is 30.0 Å². The van der Waals surface area contributed by atoms with Gasteiger partial charge in [-0.1, -0.05) is 6.07 Å². The minimum absolute atomic E-state index is 0.149. The number of phenolic OH excluding ortho intramolecular Hbond substituents is 2. The first kappa shape index (κ1) is 12.2. The molecule has 0 bridgehead atoms. The average molecular weight is 225 g/mol. The van der Waals surface area contributed by atoms with Crippen LogP contribution < -0.4 is 0 Å². The van der Waals surface area contributed by atoms with Gasteiger partial charge in [-0.15, -0.1) is 0 Å². The van der Waals surface area contributed by atoms with Gasteiger partial charge in [0.05, 0.1) is 20.3 Å². The van der Waals surface area contributed by atoms with Gasteiger partial charge in [-0.05, 0) is 24.6 Å². The zero-order chi connectivity index (χ0) is 12.0. The van der Waals surface area contributed by atoms with Crippen molar-refractivity contribution in [3.63, 3.8) is 0 Å². The lowest BCUT2D eigenvalue weighted by Gasteiger charge is -2.05. The zero-order valence-electron chi connectivity index (χ0n) is 9.30. The molecule has 0 aromatic heterocycles. The average Bonchev–Trinajstić information content (AvgIpc) is 2.28. The van der Waals surface area contributed by atoms with E-state index in [1.165, 1.54) is 19.2 Å². The predicted octanol–water partition coefficient (Wildman–Crippen LogP) is 1.64. The van der Waals surface area contributed by atoms with Crippen LogP contribution in [0.15, 0.2) is 23.2 Å². The molecule has 0 unspecified atom stereocenters. The largest absolute Gasteiger partial charge is 0.504 e. The summed E-state index contributed by atoms with van der Waals surface area (Å²) in [6.07, 6.45) is 0.204. The van der Waals surface area contributed by atoms with Crippen LogP contribution >= 0.6 is 0 Å². The second-order valence-electron chi connectivity index (χ2n) is 3.04. The molecule has 5 nitrogen and oxygen atoms in total. The van der Waals surface area contributed by atoms with Crippen LogP contribution in [0, 0.1) is 0 Å². The van der Waals surface area contributed by atoms with Gasteiger partial charge in [0.25, 0.3) is 0 Å². The van der Waals surface area contributed by atoms with E-state index in [9.17, 15) is 5.11 Å². The Morgan fingerprint density at radius 3 is 2.62 bits per heavy atom. The molecule has 0 aliphatic rings. The number of ether oxygens (including phenoxy) is 2. The summed E-state index contributed by atoms with van der Waals surface area (Å²) in [6, 6.07) is 4.52. The highest BCUT2D eigenvalue weighted by atomic mass is 16.7. The Labute approximate surface area is 94.0 Å². The number of hydrogen-bond acceptors (Lipinski definition) is 5. The molecule has 0 fully saturated rings. The SMILES string of the molecule is CCOC(=NCc1ccc(O)c(O)c1)OC. The summed E-state index contributed by atoms with van der Waals surface area (Å²) >= 11 is 0. The normalized spacial score (nSPS) is 11.2. The predicted molar refractivity (Wildman–Crippen MR) is 59.5 cm³/mol. The maximum absolute atomic E-state index is 9.26. The molecule has 0 saturated heterocycles. The van der Waals surface area contributed by atoms with Gasteiger partial charge < -0.3 is 19.7 Å². The van der Waals surface area contributed by atoms with Crippen LogP contribution in [0.4, 0.5) is 0 Å². The van der Waals surface area contributed by atoms with Gasteiger partial charge in [0, 0.05) is 0 Å². The van der Waals surface area contributed by atoms with Gasteiger partial charge in [0.2, 0.25) is 0 Å². The third-order valence-corrected chi connectivity index (χ3v) is 1.87. The molecule has 0 amide bonds. The number of benzene rings is 1. The molecule has 5 heteroatoms. The minimum Gasteiger partial charge on any atom is -0.504 e. The summed E-state index contributed by atoms with van der Waals surface area (Å²) < 4.78 is 9.97. The van der Waals surface area contributed by atoms with Crippen LogP contribution in [0.5, 0.6) is 11.5 Å². The number of methoxy groups -OCH3 is 1. The summed E-state index contributed by atoms with van der Waals surface area (Å²) in [7, 11) is 1.47. The van der Waals surface area contributed by atoms with E-state index in [1.807, 2.05) is 6.92 Å². The van der Waals surface area contributed by atoms with Crippen molar-refractivity contribution in [3.8, 4) is 11.5 Å². The molecule has 1 aromatic carbocycles. The Morgan fingerprint density at radius 2 is 2.06 bits per heavy atom. The molecule has 2 N–H and O–H groups in total. The van der Waals surface area contributed by atoms with Crippen molar-refractivity contribution in [3.05, 3.63) is 23.8 Å². The Kier molecular flexibility index (Phi) is 4.44. The van der Waals surface area contributed by atoms with Crippen LogP contribution in [0.3, 0.4) is 0 Å². The van der Waals surface area contributed by atoms with E-state index in [0.29, 0.717) is 13.2 Å². The lowest BCUT2D eigenvalue weighted by molar-refractivity contribution is 0.206. The summed E-state index contributed by atoms with van der Waals surface area (Å²) in [6.45, 7) is 2.63. The fourth-order valence-electron chi connectivity index (χ4n) is 1.12. The van der Waals surface area contributed by atoms with E-state index >= 15 is 0 Å². The van der Waals surface area contributed by atoms with Gasteiger partial charge in [-0.3, -0.25) is 0 Å². The van der Waals surface area contributed by atoms with E-state index in [0.717, 1.165) is 5.56 Å². The summed E-state index contributed by atoms with van der Waals surface area (Å²) in [5, 5.41) is 18.4. The number of aliphatic imine (C=N–C) groups is 1. The second kappa shape index (κ2) is 5.85. The molecule has 0 aliphatic carbocycles. The van der Waals surface area contributed by atoms with Crippen molar-refractivity contribution in [2.75, 3.05) is 13.7 Å². The first-order chi connectivity index (χ1) is 7.67. The van der Waals surface area contributed by atoms with Crippen molar-refractivity contribution < 1.29 is 19.7 Å². The third-order valence-electron chi connectivity index (χ3n) is 1.87. The summed E-state index contributed by atoms with van der Waals surface area (Å²) in [4.78, 5) is 4.05. The van der Waals surface area contributed by atoms with Gasteiger partial charge in [-0.2, -0.15) is 0 Å². The molecule has 0 aliphatic heterocycles. The number of rotatable bonds is 3. The molecule has 0 saturated carbocycles. The van der Waals surface area contributed by atoms with Gasteiger partial charge in [0.15, 0.2) is 11.5 Å². The quantitative estimate of drug-likeness (QED) is 0.466. The van der Waals surface area contributed by atoms with Crippen LogP contribution in [-0.2, 0) is 16.0 Å². The van der Waals surface area contributed by atoms with Gasteiger partial charge >= 0.3 is 6.08 Å². The molecule has 0 spiro atoms. The Bertz CT molecular complexity index is 376. The molecule has 0 atom stereocenters. The molecule has 16 heavy (non-hydrogen) atoms. The maximum Gasteiger partial charge on any atom is 0.383 e.